The second-order valence-corrected chi connectivity index (χ2v) is 9.55. The third-order valence-corrected chi connectivity index (χ3v) is 6.54. The Morgan fingerprint density at radius 2 is 1.90 bits per heavy atom. The molecule has 1 fully saturated rings. The van der Waals surface area contributed by atoms with Gasteiger partial charge in [0.25, 0.3) is 5.91 Å². The largest absolute Gasteiger partial charge is 0.381 e. The molecular weight excluding hydrogens is 397 g/mol. The van der Waals surface area contributed by atoms with E-state index in [2.05, 4.69) is 19.2 Å². The smallest absolute Gasteiger partial charge is 0.253 e. The van der Waals surface area contributed by atoms with Crippen molar-refractivity contribution < 1.29 is 18.7 Å². The molecule has 1 aromatic heterocycles. The van der Waals surface area contributed by atoms with Crippen LogP contribution in [-0.2, 0) is 11.2 Å². The highest BCUT2D eigenvalue weighted by Gasteiger charge is 2.36. The summed E-state index contributed by atoms with van der Waals surface area (Å²) in [5.41, 5.74) is 9.65. The van der Waals surface area contributed by atoms with Crippen molar-refractivity contribution in [1.29, 1.82) is 0 Å². The van der Waals surface area contributed by atoms with Crippen LogP contribution in [0.15, 0.2) is 12.1 Å². The van der Waals surface area contributed by atoms with E-state index in [1.165, 1.54) is 6.07 Å². The van der Waals surface area contributed by atoms with Crippen LogP contribution in [0.5, 0.6) is 0 Å². The van der Waals surface area contributed by atoms with Crippen molar-refractivity contribution in [2.75, 3.05) is 18.5 Å². The lowest BCUT2D eigenvalue weighted by molar-refractivity contribution is 0.0902. The summed E-state index contributed by atoms with van der Waals surface area (Å²) < 4.78 is 22.5. The number of primary amides is 1. The Morgan fingerprint density at radius 3 is 2.55 bits per heavy atom. The Hall–Kier alpha value is -2.67. The van der Waals surface area contributed by atoms with Crippen molar-refractivity contribution in [1.82, 2.24) is 4.57 Å². The molecule has 31 heavy (non-hydrogen) atoms. The lowest BCUT2D eigenvalue weighted by Crippen LogP contribution is -2.30. The molecule has 166 valence electrons. The summed E-state index contributed by atoms with van der Waals surface area (Å²) in [6, 6.07) is 3.19. The quantitative estimate of drug-likeness (QED) is 0.770. The summed E-state index contributed by atoms with van der Waals surface area (Å²) >= 11 is 0. The summed E-state index contributed by atoms with van der Waals surface area (Å²) in [6.45, 7) is 9.27. The van der Waals surface area contributed by atoms with Crippen molar-refractivity contribution in [3.8, 4) is 5.69 Å². The molecule has 0 radical (unpaired) electrons. The molecule has 0 spiro atoms. The summed E-state index contributed by atoms with van der Waals surface area (Å²) in [7, 11) is 0. The molecule has 0 atom stereocenters. The molecule has 0 saturated carbocycles. The number of hydrogen-bond donors (Lipinski definition) is 2. The fourth-order valence-electron chi connectivity index (χ4n) is 4.95. The standard InChI is InChI=1S/C24H30FN3O3/c1-13-14(2)28(19-11-24(3,4)12-20(29)21(13)19)16-9-17(25)22(23(26)30)18(10-16)27-15-5-7-31-8-6-15/h9-10,15,27H,5-8,11-12H2,1-4H3,(H2,26,30). The third kappa shape index (κ3) is 3.87. The number of carbonyl (C=O) groups excluding carboxylic acids is 2. The molecule has 4 rings (SSSR count). The Balaban J connectivity index is 1.87. The van der Waals surface area contributed by atoms with Crippen LogP contribution < -0.4 is 11.1 Å². The van der Waals surface area contributed by atoms with Gasteiger partial charge in [0.1, 0.15) is 5.82 Å². The number of benzene rings is 1. The first-order valence-electron chi connectivity index (χ1n) is 10.8. The summed E-state index contributed by atoms with van der Waals surface area (Å²) in [5.74, 6) is -1.35. The molecule has 2 aliphatic rings. The van der Waals surface area contributed by atoms with Gasteiger partial charge in [-0.3, -0.25) is 9.59 Å². The third-order valence-electron chi connectivity index (χ3n) is 6.54. The van der Waals surface area contributed by atoms with Crippen LogP contribution in [0.1, 0.15) is 70.8 Å². The minimum Gasteiger partial charge on any atom is -0.381 e. The van der Waals surface area contributed by atoms with Gasteiger partial charge in [-0.1, -0.05) is 13.8 Å². The zero-order valence-electron chi connectivity index (χ0n) is 18.6. The van der Waals surface area contributed by atoms with Gasteiger partial charge in [-0.2, -0.15) is 0 Å². The van der Waals surface area contributed by atoms with E-state index in [0.29, 0.717) is 37.4 Å². The van der Waals surface area contributed by atoms with Crippen molar-refractivity contribution in [3.63, 3.8) is 0 Å². The number of anilines is 1. The van der Waals surface area contributed by atoms with E-state index in [0.717, 1.165) is 35.4 Å². The number of nitrogens with zero attached hydrogens (tertiary/aromatic N) is 1. The van der Waals surface area contributed by atoms with Crippen LogP contribution in [0.2, 0.25) is 0 Å². The van der Waals surface area contributed by atoms with Gasteiger partial charge in [-0.05, 0) is 56.2 Å². The predicted octanol–water partition coefficient (Wildman–Crippen LogP) is 4.08. The number of aromatic nitrogens is 1. The molecule has 7 heteroatoms. The number of nitrogens with two attached hydrogens (primary N) is 1. The van der Waals surface area contributed by atoms with E-state index in [9.17, 15) is 9.59 Å². The van der Waals surface area contributed by atoms with E-state index in [1.54, 1.807) is 6.07 Å². The molecule has 6 nitrogen and oxygen atoms in total. The maximum absolute atomic E-state index is 15.2. The SMILES string of the molecule is Cc1c2c(n(-c3cc(F)c(C(N)=O)c(NC4CCOCC4)c3)c1C)CC(C)(C)CC2=O. The van der Waals surface area contributed by atoms with E-state index in [4.69, 9.17) is 10.5 Å². The summed E-state index contributed by atoms with van der Waals surface area (Å²) in [5, 5.41) is 3.31. The Labute approximate surface area is 181 Å². The minimum absolute atomic E-state index is 0.0726. The Bertz CT molecular complexity index is 1060. The van der Waals surface area contributed by atoms with Gasteiger partial charge in [-0.25, -0.2) is 4.39 Å². The number of halogens is 1. The lowest BCUT2D eigenvalue weighted by atomic mass is 9.75. The van der Waals surface area contributed by atoms with Crippen LogP contribution in [0.4, 0.5) is 10.1 Å². The summed E-state index contributed by atoms with van der Waals surface area (Å²) in [6.07, 6.45) is 2.74. The molecule has 1 amide bonds. The van der Waals surface area contributed by atoms with Gasteiger partial charge >= 0.3 is 0 Å². The van der Waals surface area contributed by atoms with Crippen molar-refractivity contribution in [2.24, 2.45) is 11.1 Å². The first kappa shape index (κ1) is 21.6. The minimum atomic E-state index is -0.808. The number of rotatable bonds is 4. The van der Waals surface area contributed by atoms with E-state index in [1.807, 2.05) is 18.4 Å². The number of carbonyl (C=O) groups is 2. The van der Waals surface area contributed by atoms with Gasteiger partial charge in [0.2, 0.25) is 0 Å². The molecule has 3 N–H and O–H groups in total. The zero-order valence-corrected chi connectivity index (χ0v) is 18.6. The van der Waals surface area contributed by atoms with Gasteiger partial charge in [-0.15, -0.1) is 0 Å². The lowest BCUT2D eigenvalue weighted by Gasteiger charge is -2.30. The van der Waals surface area contributed by atoms with E-state index >= 15 is 4.39 Å². The van der Waals surface area contributed by atoms with E-state index < -0.39 is 11.7 Å². The molecule has 1 aliphatic carbocycles. The molecule has 1 saturated heterocycles. The molecular formula is C24H30FN3O3. The molecule has 2 aromatic rings. The number of nitrogens with one attached hydrogen (secondary N) is 1. The summed E-state index contributed by atoms with van der Waals surface area (Å²) in [4.78, 5) is 24.9. The highest BCUT2D eigenvalue weighted by atomic mass is 19.1. The maximum atomic E-state index is 15.2. The molecule has 1 aromatic carbocycles. The highest BCUT2D eigenvalue weighted by Crippen LogP contribution is 2.40. The second-order valence-electron chi connectivity index (χ2n) is 9.55. The Kier molecular flexibility index (Phi) is 5.41. The van der Waals surface area contributed by atoms with Gasteiger partial charge in [0, 0.05) is 42.6 Å². The van der Waals surface area contributed by atoms with Crippen LogP contribution in [-0.4, -0.2) is 35.5 Å². The van der Waals surface area contributed by atoms with Crippen LogP contribution >= 0.6 is 0 Å². The average Bonchev–Trinajstić information content (AvgIpc) is 2.91. The monoisotopic (exact) mass is 427 g/mol. The first-order chi connectivity index (χ1) is 14.6. The average molecular weight is 428 g/mol. The fraction of sp³-hybridized carbons (Fsp3) is 0.500. The second kappa shape index (κ2) is 7.79. The maximum Gasteiger partial charge on any atom is 0.253 e. The predicted molar refractivity (Wildman–Crippen MR) is 118 cm³/mol. The van der Waals surface area contributed by atoms with Crippen LogP contribution in [0.3, 0.4) is 0 Å². The zero-order chi connectivity index (χ0) is 22.5. The number of fused-ring (bicyclic) bond motifs is 1. The highest BCUT2D eigenvalue weighted by molar-refractivity contribution is 6.01. The van der Waals surface area contributed by atoms with Gasteiger partial charge in [0.15, 0.2) is 5.78 Å². The number of ether oxygens (including phenoxy) is 1. The van der Waals surface area contributed by atoms with Crippen molar-refractivity contribution in [2.45, 2.75) is 59.4 Å². The normalized spacial score (nSPS) is 18.7. The molecule has 0 unspecified atom stereocenters. The van der Waals surface area contributed by atoms with Crippen LogP contribution in [0, 0.1) is 25.1 Å². The molecule has 1 aliphatic heterocycles. The van der Waals surface area contributed by atoms with Crippen molar-refractivity contribution in [3.05, 3.63) is 46.0 Å². The first-order valence-corrected chi connectivity index (χ1v) is 10.8. The Morgan fingerprint density at radius 1 is 1.23 bits per heavy atom. The van der Waals surface area contributed by atoms with Gasteiger partial charge < -0.3 is 20.4 Å². The fourth-order valence-corrected chi connectivity index (χ4v) is 4.95. The topological polar surface area (TPSA) is 86.3 Å². The molecule has 0 bridgehead atoms. The number of Topliss-reactive ketones (excluding diaryl/α,β-unsaturated/α-hetero) is 1. The van der Waals surface area contributed by atoms with Crippen LogP contribution in [0.25, 0.3) is 5.69 Å². The number of amides is 1. The van der Waals surface area contributed by atoms with E-state index in [-0.39, 0.29) is 22.8 Å². The number of hydrogen-bond acceptors (Lipinski definition) is 4. The number of ketones is 1. The molecule has 2 heterocycles. The van der Waals surface area contributed by atoms with Crippen molar-refractivity contribution >= 4 is 17.4 Å². The van der Waals surface area contributed by atoms with Gasteiger partial charge in [0.05, 0.1) is 16.9 Å².